The molecule has 5 heteroatoms. The molecule has 0 saturated carbocycles. The second-order valence-corrected chi connectivity index (χ2v) is 5.49. The Bertz CT molecular complexity index is 287. The van der Waals surface area contributed by atoms with Gasteiger partial charge in [0.05, 0.1) is 13.2 Å². The number of hydrazine groups is 1. The van der Waals surface area contributed by atoms with Gasteiger partial charge in [-0.05, 0) is 12.8 Å². The molecule has 0 radical (unpaired) electrons. The minimum atomic E-state index is -0.280. The third kappa shape index (κ3) is 2.45. The summed E-state index contributed by atoms with van der Waals surface area (Å²) < 4.78 is 11.5. The average Bonchev–Trinajstić information content (AvgIpc) is 2.88. The molecule has 3 aliphatic rings. The van der Waals surface area contributed by atoms with E-state index in [0.717, 1.165) is 71.4 Å². The Kier molecular flexibility index (Phi) is 3.66. The van der Waals surface area contributed by atoms with Crippen molar-refractivity contribution in [2.45, 2.75) is 31.5 Å². The summed E-state index contributed by atoms with van der Waals surface area (Å²) in [5.41, 5.74) is 0. The first-order chi connectivity index (χ1) is 8.81. The van der Waals surface area contributed by atoms with Crippen LogP contribution in [0.15, 0.2) is 0 Å². The molecule has 102 valence electrons. The third-order valence-corrected chi connectivity index (χ3v) is 4.42. The Balaban J connectivity index is 1.49. The molecule has 0 aromatic heterocycles. The maximum atomic E-state index is 10.7. The van der Waals surface area contributed by atoms with E-state index in [1.54, 1.807) is 0 Å². The van der Waals surface area contributed by atoms with Gasteiger partial charge in [-0.3, -0.25) is 0 Å². The molecule has 18 heavy (non-hydrogen) atoms. The number of hydrogen-bond donors (Lipinski definition) is 0. The van der Waals surface area contributed by atoms with Crippen molar-refractivity contribution in [3.8, 4) is 0 Å². The van der Waals surface area contributed by atoms with Crippen molar-refractivity contribution in [1.29, 1.82) is 0 Å². The summed E-state index contributed by atoms with van der Waals surface area (Å²) in [6.07, 6.45) is 5.03. The Morgan fingerprint density at radius 2 is 1.50 bits per heavy atom. The molecular weight excluding hydrogens is 232 g/mol. The van der Waals surface area contributed by atoms with Crippen LogP contribution in [0.5, 0.6) is 0 Å². The highest BCUT2D eigenvalue weighted by molar-refractivity contribution is 5.53. The zero-order valence-electron chi connectivity index (χ0n) is 10.8. The lowest BCUT2D eigenvalue weighted by molar-refractivity contribution is -0.207. The summed E-state index contributed by atoms with van der Waals surface area (Å²) >= 11 is 0. The maximum absolute atomic E-state index is 10.7. The van der Waals surface area contributed by atoms with E-state index in [4.69, 9.17) is 9.47 Å². The summed E-state index contributed by atoms with van der Waals surface area (Å²) in [6, 6.07) is 0. The topological polar surface area (TPSA) is 42.0 Å². The van der Waals surface area contributed by atoms with E-state index in [-0.39, 0.29) is 11.7 Å². The van der Waals surface area contributed by atoms with Crippen LogP contribution < -0.4 is 0 Å². The lowest BCUT2D eigenvalue weighted by Gasteiger charge is -2.44. The molecule has 1 spiro atoms. The number of aldehydes is 1. The van der Waals surface area contributed by atoms with Crippen LogP contribution in [0.1, 0.15) is 25.7 Å². The fourth-order valence-corrected chi connectivity index (χ4v) is 3.21. The van der Waals surface area contributed by atoms with Crippen LogP contribution in [-0.2, 0) is 14.3 Å². The van der Waals surface area contributed by atoms with Crippen molar-refractivity contribution in [3.05, 3.63) is 0 Å². The highest BCUT2D eigenvalue weighted by atomic mass is 16.7. The lowest BCUT2D eigenvalue weighted by atomic mass is 9.99. The molecule has 0 aromatic carbocycles. The van der Waals surface area contributed by atoms with Gasteiger partial charge in [0.1, 0.15) is 6.29 Å². The highest BCUT2D eigenvalue weighted by Gasteiger charge is 2.41. The van der Waals surface area contributed by atoms with Gasteiger partial charge < -0.3 is 14.3 Å². The van der Waals surface area contributed by atoms with Crippen molar-refractivity contribution in [2.24, 2.45) is 5.92 Å². The predicted octanol–water partition coefficient (Wildman–Crippen LogP) is 0.651. The minimum Gasteiger partial charge on any atom is -0.347 e. The van der Waals surface area contributed by atoms with Crippen LogP contribution in [0.2, 0.25) is 0 Å². The smallest absolute Gasteiger partial charge is 0.171 e. The Morgan fingerprint density at radius 1 is 0.944 bits per heavy atom. The van der Waals surface area contributed by atoms with E-state index in [2.05, 4.69) is 10.0 Å². The monoisotopic (exact) mass is 254 g/mol. The van der Waals surface area contributed by atoms with E-state index >= 15 is 0 Å². The van der Waals surface area contributed by atoms with E-state index in [1.165, 1.54) is 0 Å². The second-order valence-electron chi connectivity index (χ2n) is 5.49. The molecular formula is C13H22N2O3. The van der Waals surface area contributed by atoms with Crippen molar-refractivity contribution in [1.82, 2.24) is 10.0 Å². The van der Waals surface area contributed by atoms with Gasteiger partial charge in [0.25, 0.3) is 0 Å². The number of piperidine rings is 2. The number of carbonyl (C=O) groups excluding carboxylic acids is 1. The largest absolute Gasteiger partial charge is 0.347 e. The SMILES string of the molecule is O=CC1CCN(N2CCC3(CC2)OCCO3)CC1. The van der Waals surface area contributed by atoms with Gasteiger partial charge in [0, 0.05) is 44.9 Å². The minimum absolute atomic E-state index is 0.277. The average molecular weight is 254 g/mol. The van der Waals surface area contributed by atoms with E-state index in [0.29, 0.717) is 0 Å². The van der Waals surface area contributed by atoms with E-state index < -0.39 is 0 Å². The second kappa shape index (κ2) is 5.25. The molecule has 3 saturated heterocycles. The van der Waals surface area contributed by atoms with E-state index in [9.17, 15) is 4.79 Å². The number of hydrogen-bond acceptors (Lipinski definition) is 5. The van der Waals surface area contributed by atoms with Crippen molar-refractivity contribution < 1.29 is 14.3 Å². The van der Waals surface area contributed by atoms with Crippen LogP contribution in [0.4, 0.5) is 0 Å². The first-order valence-corrected chi connectivity index (χ1v) is 7.04. The summed E-state index contributed by atoms with van der Waals surface area (Å²) in [5.74, 6) is -0.00340. The Labute approximate surface area is 108 Å². The summed E-state index contributed by atoms with van der Waals surface area (Å²) in [4.78, 5) is 10.7. The molecule has 0 bridgehead atoms. The first-order valence-electron chi connectivity index (χ1n) is 7.04. The normalized spacial score (nSPS) is 30.9. The van der Waals surface area contributed by atoms with Gasteiger partial charge in [0.15, 0.2) is 5.79 Å². The number of nitrogens with zero attached hydrogens (tertiary/aromatic N) is 2. The molecule has 0 atom stereocenters. The zero-order chi connectivity index (χ0) is 12.4. The van der Waals surface area contributed by atoms with Gasteiger partial charge in [-0.1, -0.05) is 0 Å². The van der Waals surface area contributed by atoms with Crippen LogP contribution in [0.25, 0.3) is 0 Å². The van der Waals surface area contributed by atoms with Crippen LogP contribution >= 0.6 is 0 Å². The third-order valence-electron chi connectivity index (χ3n) is 4.42. The van der Waals surface area contributed by atoms with Crippen molar-refractivity contribution in [3.63, 3.8) is 0 Å². The van der Waals surface area contributed by atoms with Crippen LogP contribution in [-0.4, -0.2) is 61.5 Å². The summed E-state index contributed by atoms with van der Waals surface area (Å²) in [6.45, 7) is 5.52. The molecule has 0 aromatic rings. The first kappa shape index (κ1) is 12.5. The van der Waals surface area contributed by atoms with Crippen molar-refractivity contribution in [2.75, 3.05) is 39.4 Å². The maximum Gasteiger partial charge on any atom is 0.171 e. The predicted molar refractivity (Wildman–Crippen MR) is 65.8 cm³/mol. The lowest BCUT2D eigenvalue weighted by Crippen LogP contribution is -2.54. The fraction of sp³-hybridized carbons (Fsp3) is 0.923. The van der Waals surface area contributed by atoms with Gasteiger partial charge in [-0.2, -0.15) is 0 Å². The molecule has 5 nitrogen and oxygen atoms in total. The number of rotatable bonds is 2. The summed E-state index contributed by atoms with van der Waals surface area (Å²) in [5, 5.41) is 4.82. The van der Waals surface area contributed by atoms with Crippen molar-refractivity contribution >= 4 is 6.29 Å². The fourth-order valence-electron chi connectivity index (χ4n) is 3.21. The molecule has 0 amide bonds. The highest BCUT2D eigenvalue weighted by Crippen LogP contribution is 2.32. The van der Waals surface area contributed by atoms with Gasteiger partial charge in [-0.25, -0.2) is 10.0 Å². The quantitative estimate of drug-likeness (QED) is 0.677. The molecule has 3 fully saturated rings. The molecule has 0 aliphatic carbocycles. The van der Waals surface area contributed by atoms with Crippen LogP contribution in [0.3, 0.4) is 0 Å². The number of carbonyl (C=O) groups is 1. The van der Waals surface area contributed by atoms with Crippen LogP contribution in [0, 0.1) is 5.92 Å². The Morgan fingerprint density at radius 3 is 2.06 bits per heavy atom. The van der Waals surface area contributed by atoms with Gasteiger partial charge >= 0.3 is 0 Å². The summed E-state index contributed by atoms with van der Waals surface area (Å²) in [7, 11) is 0. The molecule has 0 unspecified atom stereocenters. The Hall–Kier alpha value is -0.490. The molecule has 3 aliphatic heterocycles. The van der Waals surface area contributed by atoms with E-state index in [1.807, 2.05) is 0 Å². The molecule has 3 rings (SSSR count). The number of ether oxygens (including phenoxy) is 2. The molecule has 0 N–H and O–H groups in total. The van der Waals surface area contributed by atoms with Gasteiger partial charge in [0.2, 0.25) is 0 Å². The standard InChI is InChI=1S/C13H22N2O3/c16-11-12-1-5-14(6-2-12)15-7-3-13(4-8-15)17-9-10-18-13/h11-12H,1-10H2. The zero-order valence-corrected chi connectivity index (χ0v) is 10.8. The molecule has 3 heterocycles. The van der Waals surface area contributed by atoms with Gasteiger partial charge in [-0.15, -0.1) is 0 Å².